The average molecular weight is 187 g/mol. The Morgan fingerprint density at radius 1 is 1.43 bits per heavy atom. The molecule has 0 aliphatic rings. The molecular formula is C13H15O. The first kappa shape index (κ1) is 10.7. The Morgan fingerprint density at radius 2 is 2.14 bits per heavy atom. The summed E-state index contributed by atoms with van der Waals surface area (Å²) in [4.78, 5) is 11.1. The maximum absolute atomic E-state index is 11.1. The summed E-state index contributed by atoms with van der Waals surface area (Å²) < 4.78 is 0. The molecule has 0 aliphatic heterocycles. The number of rotatable bonds is 5. The zero-order valence-electron chi connectivity index (χ0n) is 8.49. The lowest BCUT2D eigenvalue weighted by Gasteiger charge is -1.98. The summed E-state index contributed by atoms with van der Waals surface area (Å²) in [5.74, 6) is 0.218. The summed E-state index contributed by atoms with van der Waals surface area (Å²) in [5.41, 5.74) is 1.28. The van der Waals surface area contributed by atoms with Crippen LogP contribution in [-0.2, 0) is 11.2 Å². The fourth-order valence-electron chi connectivity index (χ4n) is 1.32. The third-order valence-electron chi connectivity index (χ3n) is 2.03. The third kappa shape index (κ3) is 4.04. The van der Waals surface area contributed by atoms with Crippen molar-refractivity contribution in [3.63, 3.8) is 0 Å². The molecule has 0 saturated carbocycles. The normalized spacial score (nSPS) is 10.6. The van der Waals surface area contributed by atoms with Crippen LogP contribution in [0, 0.1) is 6.07 Å². The molecule has 0 aromatic heterocycles. The van der Waals surface area contributed by atoms with E-state index in [9.17, 15) is 4.79 Å². The molecule has 0 amide bonds. The van der Waals surface area contributed by atoms with Crippen molar-refractivity contribution in [1.29, 1.82) is 0 Å². The lowest BCUT2D eigenvalue weighted by molar-refractivity contribution is -0.114. The molecule has 0 aliphatic carbocycles. The van der Waals surface area contributed by atoms with Crippen molar-refractivity contribution in [2.45, 2.75) is 26.2 Å². The summed E-state index contributed by atoms with van der Waals surface area (Å²) >= 11 is 0. The highest BCUT2D eigenvalue weighted by atomic mass is 16.1. The molecule has 0 unspecified atom stereocenters. The number of carbonyl (C=O) groups excluding carboxylic acids is 1. The van der Waals surface area contributed by atoms with Crippen LogP contribution in [-0.4, -0.2) is 5.78 Å². The van der Waals surface area contributed by atoms with Crippen LogP contribution >= 0.6 is 0 Å². The minimum absolute atomic E-state index is 0.218. The monoisotopic (exact) mass is 187 g/mol. The average Bonchev–Trinajstić information content (AvgIpc) is 2.20. The fourth-order valence-corrected chi connectivity index (χ4v) is 1.32. The van der Waals surface area contributed by atoms with Gasteiger partial charge >= 0.3 is 0 Å². The predicted octanol–water partition coefficient (Wildman–Crippen LogP) is 2.95. The molecule has 1 rings (SSSR count). The lowest BCUT2D eigenvalue weighted by Crippen LogP contribution is -1.94. The van der Waals surface area contributed by atoms with E-state index in [0.29, 0.717) is 6.42 Å². The molecule has 73 valence electrons. The molecule has 0 bridgehead atoms. The van der Waals surface area contributed by atoms with E-state index >= 15 is 0 Å². The van der Waals surface area contributed by atoms with Crippen LogP contribution in [0.1, 0.15) is 25.3 Å². The van der Waals surface area contributed by atoms with Crippen molar-refractivity contribution in [2.24, 2.45) is 0 Å². The number of hydrogen-bond acceptors (Lipinski definition) is 1. The molecule has 1 aromatic carbocycles. The highest BCUT2D eigenvalue weighted by Crippen LogP contribution is 2.04. The summed E-state index contributed by atoms with van der Waals surface area (Å²) in [6, 6.07) is 10.9. The smallest absolute Gasteiger partial charge is 0.155 e. The van der Waals surface area contributed by atoms with E-state index in [-0.39, 0.29) is 5.78 Å². The van der Waals surface area contributed by atoms with E-state index in [1.165, 1.54) is 5.56 Å². The van der Waals surface area contributed by atoms with Gasteiger partial charge in [0, 0.05) is 6.42 Å². The number of carbonyl (C=O) groups is 1. The van der Waals surface area contributed by atoms with Crippen molar-refractivity contribution >= 4 is 5.78 Å². The first-order valence-electron chi connectivity index (χ1n) is 4.93. The quantitative estimate of drug-likeness (QED) is 0.648. The maximum atomic E-state index is 11.1. The first-order chi connectivity index (χ1) is 6.83. The van der Waals surface area contributed by atoms with Gasteiger partial charge in [0.1, 0.15) is 0 Å². The zero-order chi connectivity index (χ0) is 10.2. The van der Waals surface area contributed by atoms with Gasteiger partial charge in [-0.2, -0.15) is 0 Å². The molecule has 14 heavy (non-hydrogen) atoms. The highest BCUT2D eigenvalue weighted by Gasteiger charge is 1.96. The second-order valence-electron chi connectivity index (χ2n) is 3.23. The van der Waals surface area contributed by atoms with Gasteiger partial charge in [-0.1, -0.05) is 30.3 Å². The molecule has 0 heterocycles. The van der Waals surface area contributed by atoms with E-state index in [0.717, 1.165) is 12.8 Å². The van der Waals surface area contributed by atoms with Crippen LogP contribution in [0.2, 0.25) is 0 Å². The number of allylic oxidation sites excluding steroid dienone is 2. The SMILES string of the molecule is CC=CC(=O)CCCc1cc[c]cc1. The molecule has 0 N–H and O–H groups in total. The van der Waals surface area contributed by atoms with Gasteiger partial charge in [-0.3, -0.25) is 4.79 Å². The Hall–Kier alpha value is -1.37. The number of hydrogen-bond donors (Lipinski definition) is 0. The summed E-state index contributed by atoms with van der Waals surface area (Å²) in [7, 11) is 0. The Kier molecular flexibility index (Phi) is 4.70. The maximum Gasteiger partial charge on any atom is 0.155 e. The minimum Gasteiger partial charge on any atom is -0.295 e. The van der Waals surface area contributed by atoms with Crippen LogP contribution in [0.15, 0.2) is 36.4 Å². The molecular weight excluding hydrogens is 172 g/mol. The van der Waals surface area contributed by atoms with Gasteiger partial charge in [0.25, 0.3) is 0 Å². The Bertz CT molecular complexity index is 298. The van der Waals surface area contributed by atoms with Gasteiger partial charge in [0.2, 0.25) is 0 Å². The molecule has 0 saturated heterocycles. The number of aryl methyl sites for hydroxylation is 1. The minimum atomic E-state index is 0.218. The lowest BCUT2D eigenvalue weighted by atomic mass is 10.1. The standard InChI is InChI=1S/C13H15O/c1-2-7-13(14)11-6-10-12-8-4-3-5-9-12/h2,4-5,7-9H,6,10-11H2,1H3. The summed E-state index contributed by atoms with van der Waals surface area (Å²) in [6.07, 6.45) is 5.96. The van der Waals surface area contributed by atoms with Gasteiger partial charge in [0.05, 0.1) is 0 Å². The van der Waals surface area contributed by atoms with Gasteiger partial charge in [-0.15, -0.1) is 0 Å². The number of ketones is 1. The van der Waals surface area contributed by atoms with Crippen LogP contribution in [0.25, 0.3) is 0 Å². The van der Waals surface area contributed by atoms with E-state index in [1.54, 1.807) is 12.2 Å². The fraction of sp³-hybridized carbons (Fsp3) is 0.308. The predicted molar refractivity (Wildman–Crippen MR) is 58.0 cm³/mol. The second-order valence-corrected chi connectivity index (χ2v) is 3.23. The van der Waals surface area contributed by atoms with Crippen molar-refractivity contribution in [1.82, 2.24) is 0 Å². The number of benzene rings is 1. The largest absolute Gasteiger partial charge is 0.295 e. The summed E-state index contributed by atoms with van der Waals surface area (Å²) in [6.45, 7) is 1.87. The first-order valence-corrected chi connectivity index (χ1v) is 4.93. The Labute approximate surface area is 85.5 Å². The van der Waals surface area contributed by atoms with Crippen molar-refractivity contribution in [3.8, 4) is 0 Å². The topological polar surface area (TPSA) is 17.1 Å². The van der Waals surface area contributed by atoms with Crippen molar-refractivity contribution in [3.05, 3.63) is 48.0 Å². The molecule has 1 aromatic rings. The molecule has 0 fully saturated rings. The van der Waals surface area contributed by atoms with E-state index in [2.05, 4.69) is 6.07 Å². The van der Waals surface area contributed by atoms with Gasteiger partial charge < -0.3 is 0 Å². The molecule has 1 radical (unpaired) electrons. The van der Waals surface area contributed by atoms with Gasteiger partial charge in [-0.05, 0) is 37.5 Å². The van der Waals surface area contributed by atoms with E-state index in [4.69, 9.17) is 0 Å². The van der Waals surface area contributed by atoms with Crippen LogP contribution < -0.4 is 0 Å². The third-order valence-corrected chi connectivity index (χ3v) is 2.03. The Balaban J connectivity index is 2.25. The Morgan fingerprint density at radius 3 is 2.79 bits per heavy atom. The van der Waals surface area contributed by atoms with Gasteiger partial charge in [-0.25, -0.2) is 0 Å². The zero-order valence-corrected chi connectivity index (χ0v) is 8.49. The molecule has 0 spiro atoms. The van der Waals surface area contributed by atoms with Gasteiger partial charge in [0.15, 0.2) is 5.78 Å². The highest BCUT2D eigenvalue weighted by molar-refractivity contribution is 5.89. The summed E-state index contributed by atoms with van der Waals surface area (Å²) in [5, 5.41) is 0. The van der Waals surface area contributed by atoms with Crippen LogP contribution in [0.3, 0.4) is 0 Å². The van der Waals surface area contributed by atoms with E-state index < -0.39 is 0 Å². The molecule has 1 nitrogen and oxygen atoms in total. The molecule has 1 heteroatoms. The van der Waals surface area contributed by atoms with Crippen LogP contribution in [0.4, 0.5) is 0 Å². The molecule has 0 atom stereocenters. The van der Waals surface area contributed by atoms with E-state index in [1.807, 2.05) is 31.2 Å². The second kappa shape index (κ2) is 6.14. The van der Waals surface area contributed by atoms with Crippen LogP contribution in [0.5, 0.6) is 0 Å². The van der Waals surface area contributed by atoms with Crippen molar-refractivity contribution in [2.75, 3.05) is 0 Å². The van der Waals surface area contributed by atoms with Crippen molar-refractivity contribution < 1.29 is 4.79 Å².